The highest BCUT2D eigenvalue weighted by Gasteiger charge is 2.14. The fourth-order valence-electron chi connectivity index (χ4n) is 0.678. The van der Waals surface area contributed by atoms with Crippen LogP contribution < -0.4 is 0 Å². The maximum absolute atomic E-state index is 9.59. The Bertz CT molecular complexity index is 208. The zero-order chi connectivity index (χ0) is 10.7. The van der Waals surface area contributed by atoms with Crippen molar-refractivity contribution in [2.45, 2.75) is 41.5 Å². The summed E-state index contributed by atoms with van der Waals surface area (Å²) in [4.78, 5) is 0. The third-order valence-electron chi connectivity index (χ3n) is 1.62. The van der Waals surface area contributed by atoms with Gasteiger partial charge in [0.1, 0.15) is 0 Å². The summed E-state index contributed by atoms with van der Waals surface area (Å²) >= 11 is 0. The van der Waals surface area contributed by atoms with Gasteiger partial charge >= 0.3 is 0 Å². The molecule has 0 unspecified atom stereocenters. The van der Waals surface area contributed by atoms with E-state index in [1.807, 2.05) is 26.8 Å². The van der Waals surface area contributed by atoms with Gasteiger partial charge in [-0.25, -0.2) is 0 Å². The summed E-state index contributed by atoms with van der Waals surface area (Å²) in [7, 11) is 0. The molecule has 0 aliphatic heterocycles. The summed E-state index contributed by atoms with van der Waals surface area (Å²) in [5.41, 5.74) is 0.0247. The number of allylic oxidation sites excluding steroid dienone is 4. The molecule has 0 aromatic heterocycles. The van der Waals surface area contributed by atoms with Crippen LogP contribution in [0.5, 0.6) is 0 Å². The van der Waals surface area contributed by atoms with E-state index in [4.69, 9.17) is 0 Å². The average Bonchev–Trinajstić information content (AvgIpc) is 1.82. The largest absolute Gasteiger partial charge is 0.512 e. The minimum absolute atomic E-state index is 0.151. The highest BCUT2D eigenvalue weighted by Crippen LogP contribution is 2.22. The molecule has 0 atom stereocenters. The first-order valence-corrected chi connectivity index (χ1v) is 4.72. The Morgan fingerprint density at radius 1 is 1.00 bits per heavy atom. The molecule has 1 nitrogen and oxygen atoms in total. The van der Waals surface area contributed by atoms with Crippen molar-refractivity contribution in [2.24, 2.45) is 10.8 Å². The van der Waals surface area contributed by atoms with Crippen molar-refractivity contribution in [3.05, 3.63) is 24.0 Å². The van der Waals surface area contributed by atoms with Crippen molar-refractivity contribution < 1.29 is 5.11 Å². The highest BCUT2D eigenvalue weighted by atomic mass is 16.3. The lowest BCUT2D eigenvalue weighted by Gasteiger charge is -2.16. The van der Waals surface area contributed by atoms with E-state index in [-0.39, 0.29) is 10.8 Å². The van der Waals surface area contributed by atoms with E-state index in [0.29, 0.717) is 5.76 Å². The molecule has 13 heavy (non-hydrogen) atoms. The Hall–Kier alpha value is -0.720. The van der Waals surface area contributed by atoms with Gasteiger partial charge in [-0.2, -0.15) is 0 Å². The maximum Gasteiger partial charge on any atom is 0.0975 e. The van der Waals surface area contributed by atoms with Crippen molar-refractivity contribution >= 4 is 0 Å². The number of aliphatic hydroxyl groups excluding tert-OH is 1. The Balaban J connectivity index is 4.37. The monoisotopic (exact) mass is 182 g/mol. The molecule has 0 radical (unpaired) electrons. The maximum atomic E-state index is 9.59. The summed E-state index contributed by atoms with van der Waals surface area (Å²) in [6.07, 6.45) is 5.76. The van der Waals surface area contributed by atoms with Crippen molar-refractivity contribution in [3.8, 4) is 0 Å². The smallest absolute Gasteiger partial charge is 0.0975 e. The van der Waals surface area contributed by atoms with E-state index in [1.165, 1.54) is 0 Å². The number of hydrogen-bond donors (Lipinski definition) is 1. The number of hydrogen-bond acceptors (Lipinski definition) is 1. The molecule has 1 heteroatoms. The molecule has 76 valence electrons. The lowest BCUT2D eigenvalue weighted by molar-refractivity contribution is 0.277. The fourth-order valence-corrected chi connectivity index (χ4v) is 0.678. The molecule has 0 aliphatic carbocycles. The molecular weight excluding hydrogens is 160 g/mol. The predicted molar refractivity (Wildman–Crippen MR) is 58.8 cm³/mol. The van der Waals surface area contributed by atoms with Gasteiger partial charge in [0.05, 0.1) is 5.76 Å². The summed E-state index contributed by atoms with van der Waals surface area (Å²) in [5.74, 6) is 0.424. The lowest BCUT2D eigenvalue weighted by Crippen LogP contribution is -2.08. The summed E-state index contributed by atoms with van der Waals surface area (Å²) < 4.78 is 0. The van der Waals surface area contributed by atoms with Crippen LogP contribution in [0, 0.1) is 10.8 Å². The van der Waals surface area contributed by atoms with E-state index < -0.39 is 0 Å². The molecule has 1 N–H and O–H groups in total. The van der Waals surface area contributed by atoms with Gasteiger partial charge in [-0.1, -0.05) is 53.7 Å². The molecule has 0 amide bonds. The Kier molecular flexibility index (Phi) is 3.77. The molecule has 0 aromatic carbocycles. The van der Waals surface area contributed by atoms with Crippen molar-refractivity contribution in [2.75, 3.05) is 0 Å². The van der Waals surface area contributed by atoms with Gasteiger partial charge in [-0.15, -0.1) is 0 Å². The van der Waals surface area contributed by atoms with Crippen LogP contribution in [0.15, 0.2) is 24.0 Å². The van der Waals surface area contributed by atoms with Crippen LogP contribution in [0.4, 0.5) is 0 Å². The van der Waals surface area contributed by atoms with Crippen molar-refractivity contribution in [3.63, 3.8) is 0 Å². The van der Waals surface area contributed by atoms with Crippen LogP contribution in [-0.4, -0.2) is 5.11 Å². The topological polar surface area (TPSA) is 20.2 Å². The molecule has 0 saturated carbocycles. The molecule has 0 bridgehead atoms. The minimum Gasteiger partial charge on any atom is -0.512 e. The Labute approximate surface area is 82.2 Å². The predicted octanol–water partition coefficient (Wildman–Crippen LogP) is 4.08. The summed E-state index contributed by atoms with van der Waals surface area (Å²) in [6.45, 7) is 12.4. The van der Waals surface area contributed by atoms with Gasteiger partial charge in [0.25, 0.3) is 0 Å². The van der Waals surface area contributed by atoms with Gasteiger partial charge < -0.3 is 5.11 Å². The molecule has 0 spiro atoms. The van der Waals surface area contributed by atoms with Crippen LogP contribution in [0.3, 0.4) is 0 Å². The second-order valence-corrected chi connectivity index (χ2v) is 5.53. The molecule has 0 rings (SSSR count). The van der Waals surface area contributed by atoms with Crippen LogP contribution in [0.2, 0.25) is 0 Å². The lowest BCUT2D eigenvalue weighted by atomic mass is 9.92. The molecule has 0 aromatic rings. The average molecular weight is 182 g/mol. The first-order chi connectivity index (χ1) is 5.63. The molecule has 0 heterocycles. The highest BCUT2D eigenvalue weighted by molar-refractivity contribution is 5.13. The van der Waals surface area contributed by atoms with E-state index in [2.05, 4.69) is 26.8 Å². The quantitative estimate of drug-likeness (QED) is 0.478. The SMILES string of the molecule is CC(C)(C)/C=C\C=C(\O)C(C)(C)C. The number of aliphatic hydroxyl groups is 1. The first-order valence-electron chi connectivity index (χ1n) is 4.72. The van der Waals surface area contributed by atoms with Gasteiger partial charge in [-0.3, -0.25) is 0 Å². The van der Waals surface area contributed by atoms with Crippen LogP contribution in [0.25, 0.3) is 0 Å². The Morgan fingerprint density at radius 2 is 1.46 bits per heavy atom. The number of rotatable bonds is 1. The van der Waals surface area contributed by atoms with Gasteiger partial charge in [0.15, 0.2) is 0 Å². The minimum atomic E-state index is -0.151. The molecular formula is C12H22O. The standard InChI is InChI=1S/C12H22O/c1-11(2,3)9-7-8-10(13)12(4,5)6/h7-9,13H,1-6H3/b9-7-,10-8+. The molecule has 0 saturated heterocycles. The first kappa shape index (κ1) is 12.3. The molecule has 0 fully saturated rings. The second kappa shape index (κ2) is 3.99. The third kappa shape index (κ3) is 6.44. The molecule has 0 aliphatic rings. The van der Waals surface area contributed by atoms with E-state index in [9.17, 15) is 5.11 Å². The second-order valence-electron chi connectivity index (χ2n) is 5.53. The normalized spacial score (nSPS) is 15.4. The summed E-state index contributed by atoms with van der Waals surface area (Å²) in [5, 5.41) is 9.59. The third-order valence-corrected chi connectivity index (χ3v) is 1.62. The van der Waals surface area contributed by atoms with Crippen LogP contribution >= 0.6 is 0 Å². The fraction of sp³-hybridized carbons (Fsp3) is 0.667. The van der Waals surface area contributed by atoms with Gasteiger partial charge in [-0.05, 0) is 11.5 Å². The van der Waals surface area contributed by atoms with Gasteiger partial charge in [0, 0.05) is 5.41 Å². The van der Waals surface area contributed by atoms with E-state index in [0.717, 1.165) is 0 Å². The van der Waals surface area contributed by atoms with Crippen molar-refractivity contribution in [1.82, 2.24) is 0 Å². The zero-order valence-corrected chi connectivity index (χ0v) is 9.68. The van der Waals surface area contributed by atoms with Crippen LogP contribution in [-0.2, 0) is 0 Å². The van der Waals surface area contributed by atoms with E-state index >= 15 is 0 Å². The van der Waals surface area contributed by atoms with Gasteiger partial charge in [0.2, 0.25) is 0 Å². The van der Waals surface area contributed by atoms with Crippen molar-refractivity contribution in [1.29, 1.82) is 0 Å². The summed E-state index contributed by atoms with van der Waals surface area (Å²) in [6, 6.07) is 0. The zero-order valence-electron chi connectivity index (χ0n) is 9.68. The Morgan fingerprint density at radius 3 is 1.77 bits per heavy atom. The van der Waals surface area contributed by atoms with Crippen LogP contribution in [0.1, 0.15) is 41.5 Å². The van der Waals surface area contributed by atoms with E-state index in [1.54, 1.807) is 6.08 Å².